The van der Waals surface area contributed by atoms with Gasteiger partial charge in [-0.05, 0) is 24.7 Å². The summed E-state index contributed by atoms with van der Waals surface area (Å²) in [5.74, 6) is -0.700. The van der Waals surface area contributed by atoms with E-state index in [0.29, 0.717) is 31.7 Å². The first-order chi connectivity index (χ1) is 13.7. The smallest absolute Gasteiger partial charge is 0.363 e. The van der Waals surface area contributed by atoms with Crippen LogP contribution in [0.2, 0.25) is 0 Å². The Morgan fingerprint density at radius 3 is 2.41 bits per heavy atom. The molecule has 1 amide bonds. The lowest BCUT2D eigenvalue weighted by atomic mass is 9.97. The predicted molar refractivity (Wildman–Crippen MR) is 98.1 cm³/mol. The van der Waals surface area contributed by atoms with Gasteiger partial charge in [-0.2, -0.15) is 18.3 Å². The Hall–Kier alpha value is -2.62. The number of anilines is 1. The van der Waals surface area contributed by atoms with Crippen LogP contribution in [0.5, 0.6) is 0 Å². The van der Waals surface area contributed by atoms with E-state index in [0.717, 1.165) is 4.68 Å². The molecule has 1 saturated heterocycles. The zero-order valence-electron chi connectivity index (χ0n) is 15.8. The Morgan fingerprint density at radius 1 is 1.14 bits per heavy atom. The highest BCUT2D eigenvalue weighted by atomic mass is 19.4. The van der Waals surface area contributed by atoms with Gasteiger partial charge in [0.15, 0.2) is 11.7 Å². The van der Waals surface area contributed by atoms with E-state index in [1.54, 1.807) is 4.90 Å². The normalized spacial score (nSPS) is 22.9. The maximum Gasteiger partial charge on any atom is 0.410 e. The minimum Gasteiger partial charge on any atom is -0.363 e. The Balaban J connectivity index is 1.63. The van der Waals surface area contributed by atoms with Gasteiger partial charge >= 0.3 is 6.18 Å². The first-order valence-electron chi connectivity index (χ1n) is 9.38. The van der Waals surface area contributed by atoms with Crippen LogP contribution in [-0.4, -0.2) is 64.9 Å². The summed E-state index contributed by atoms with van der Waals surface area (Å²) in [6.45, 7) is 2.42. The molecule has 156 valence electrons. The van der Waals surface area contributed by atoms with Crippen LogP contribution in [-0.2, 0) is 0 Å². The van der Waals surface area contributed by atoms with Crippen LogP contribution in [0, 0.1) is 5.82 Å². The van der Waals surface area contributed by atoms with Crippen molar-refractivity contribution in [3.8, 4) is 0 Å². The molecule has 2 atom stereocenters. The molecule has 2 aliphatic rings. The molecule has 3 heterocycles. The summed E-state index contributed by atoms with van der Waals surface area (Å²) in [5.41, 5.74) is 0.533. The number of aromatic nitrogens is 2. The number of benzene rings is 1. The highest BCUT2D eigenvalue weighted by Gasteiger charge is 2.47. The average molecular weight is 411 g/mol. The third-order valence-corrected chi connectivity index (χ3v) is 5.47. The quantitative estimate of drug-likeness (QED) is 0.772. The Labute approximate surface area is 165 Å². The lowest BCUT2D eigenvalue weighted by Gasteiger charge is -2.33. The number of hydrogen-bond donors (Lipinski definition) is 1. The molecule has 0 aliphatic carbocycles. The van der Waals surface area contributed by atoms with Crippen LogP contribution in [0.15, 0.2) is 30.3 Å². The number of amides is 1. The number of fused-ring (bicyclic) bond motifs is 1. The molecular formula is C19H21F4N5O. The second-order valence-corrected chi connectivity index (χ2v) is 7.50. The minimum atomic E-state index is -4.53. The van der Waals surface area contributed by atoms with E-state index < -0.39 is 24.1 Å². The van der Waals surface area contributed by atoms with E-state index in [1.165, 1.54) is 30.3 Å². The van der Waals surface area contributed by atoms with Gasteiger partial charge < -0.3 is 15.1 Å². The summed E-state index contributed by atoms with van der Waals surface area (Å²) < 4.78 is 55.2. The van der Waals surface area contributed by atoms with E-state index in [2.05, 4.69) is 15.3 Å². The van der Waals surface area contributed by atoms with Crippen LogP contribution in [0.3, 0.4) is 0 Å². The summed E-state index contributed by atoms with van der Waals surface area (Å²) in [6.07, 6.45) is -4.83. The van der Waals surface area contributed by atoms with Gasteiger partial charge in [-0.25, -0.2) is 9.07 Å². The highest BCUT2D eigenvalue weighted by Crippen LogP contribution is 2.43. The molecule has 0 radical (unpaired) electrons. The molecule has 0 spiro atoms. The Morgan fingerprint density at radius 2 is 1.79 bits per heavy atom. The number of rotatable bonds is 2. The van der Waals surface area contributed by atoms with Crippen molar-refractivity contribution in [2.45, 2.75) is 24.7 Å². The molecule has 1 N–H and O–H groups in total. The molecule has 1 aromatic carbocycles. The number of carbonyl (C=O) groups excluding carboxylic acids is 1. The lowest BCUT2D eigenvalue weighted by Crippen LogP contribution is -2.47. The fourth-order valence-corrected chi connectivity index (χ4v) is 3.76. The van der Waals surface area contributed by atoms with Gasteiger partial charge in [-0.3, -0.25) is 4.79 Å². The van der Waals surface area contributed by atoms with Crippen molar-refractivity contribution < 1.29 is 22.4 Å². The van der Waals surface area contributed by atoms with E-state index in [4.69, 9.17) is 0 Å². The maximum absolute atomic E-state index is 13.7. The molecule has 1 aromatic heterocycles. The zero-order chi connectivity index (χ0) is 20.8. The molecule has 0 bridgehead atoms. The van der Waals surface area contributed by atoms with Crippen LogP contribution in [0.1, 0.15) is 34.6 Å². The third-order valence-electron chi connectivity index (χ3n) is 5.47. The van der Waals surface area contributed by atoms with E-state index in [9.17, 15) is 22.4 Å². The number of halogens is 4. The monoisotopic (exact) mass is 411 g/mol. The predicted octanol–water partition coefficient (Wildman–Crippen LogP) is 3.07. The van der Waals surface area contributed by atoms with E-state index >= 15 is 0 Å². The first-order valence-corrected chi connectivity index (χ1v) is 9.38. The Bertz CT molecular complexity index is 887. The second-order valence-electron chi connectivity index (χ2n) is 7.50. The topological polar surface area (TPSA) is 53.4 Å². The van der Waals surface area contributed by atoms with Gasteiger partial charge in [0.05, 0.1) is 6.04 Å². The maximum atomic E-state index is 13.7. The fourth-order valence-electron chi connectivity index (χ4n) is 3.76. The van der Waals surface area contributed by atoms with Gasteiger partial charge in [0, 0.05) is 38.7 Å². The van der Waals surface area contributed by atoms with Crippen molar-refractivity contribution in [3.63, 3.8) is 0 Å². The van der Waals surface area contributed by atoms with Crippen molar-refractivity contribution in [2.24, 2.45) is 0 Å². The number of likely N-dealkylation sites (N-methyl/N-ethyl adjacent to an activating group) is 1. The average Bonchev–Trinajstić information content (AvgIpc) is 3.11. The number of alkyl halides is 3. The molecule has 2 aromatic rings. The lowest BCUT2D eigenvalue weighted by molar-refractivity contribution is -0.173. The van der Waals surface area contributed by atoms with Gasteiger partial charge in [0.25, 0.3) is 5.91 Å². The number of carbonyl (C=O) groups is 1. The van der Waals surface area contributed by atoms with Crippen LogP contribution in [0.4, 0.5) is 23.4 Å². The minimum absolute atomic E-state index is 0.00828. The molecule has 6 nitrogen and oxygen atoms in total. The molecule has 10 heteroatoms. The van der Waals surface area contributed by atoms with Gasteiger partial charge in [-0.1, -0.05) is 12.1 Å². The molecular weight excluding hydrogens is 390 g/mol. The number of nitrogens with zero attached hydrogens (tertiary/aromatic N) is 4. The van der Waals surface area contributed by atoms with Gasteiger partial charge in [-0.15, -0.1) is 0 Å². The molecule has 0 unspecified atom stereocenters. The number of hydrogen-bond acceptors (Lipinski definition) is 4. The summed E-state index contributed by atoms with van der Waals surface area (Å²) >= 11 is 0. The number of nitrogens with one attached hydrogen (secondary N) is 1. The SMILES string of the molecule is CN1CCN(C(=O)c2cc3n(n2)[C@H](C(F)(F)F)C[C@H](c2ccc(F)cc2)N3)CC1. The standard InChI is InChI=1S/C19H21F4N5O/c1-26-6-8-27(9-7-26)18(29)15-11-17-24-14(12-2-4-13(20)5-3-12)10-16(19(21,22)23)28(17)25-15/h2-5,11,14,16,24H,6-10H2,1H3/t14-,16+/m1/s1. The largest absolute Gasteiger partial charge is 0.410 e. The van der Waals surface area contributed by atoms with Crippen molar-refractivity contribution in [2.75, 3.05) is 38.5 Å². The van der Waals surface area contributed by atoms with Crippen LogP contribution in [0.25, 0.3) is 0 Å². The van der Waals surface area contributed by atoms with Crippen molar-refractivity contribution in [1.82, 2.24) is 19.6 Å². The summed E-state index contributed by atoms with van der Waals surface area (Å²) in [6, 6.07) is 4.18. The van der Waals surface area contributed by atoms with E-state index in [-0.39, 0.29) is 23.8 Å². The first kappa shape index (κ1) is 19.7. The molecule has 1 fully saturated rings. The van der Waals surface area contributed by atoms with Crippen molar-refractivity contribution in [3.05, 3.63) is 47.4 Å². The van der Waals surface area contributed by atoms with Gasteiger partial charge in [0.2, 0.25) is 0 Å². The van der Waals surface area contributed by atoms with Crippen molar-refractivity contribution >= 4 is 11.7 Å². The zero-order valence-corrected chi connectivity index (χ0v) is 15.8. The fraction of sp³-hybridized carbons (Fsp3) is 0.474. The van der Waals surface area contributed by atoms with Gasteiger partial charge in [0.1, 0.15) is 11.6 Å². The molecule has 4 rings (SSSR count). The van der Waals surface area contributed by atoms with Crippen LogP contribution >= 0.6 is 0 Å². The molecule has 2 aliphatic heterocycles. The Kier molecular flexibility index (Phi) is 4.97. The summed E-state index contributed by atoms with van der Waals surface area (Å²) in [4.78, 5) is 16.4. The summed E-state index contributed by atoms with van der Waals surface area (Å²) in [7, 11) is 1.95. The number of piperazine rings is 1. The second kappa shape index (κ2) is 7.33. The van der Waals surface area contributed by atoms with Crippen LogP contribution < -0.4 is 5.32 Å². The molecule has 29 heavy (non-hydrogen) atoms. The third kappa shape index (κ3) is 3.93. The van der Waals surface area contributed by atoms with Crippen molar-refractivity contribution in [1.29, 1.82) is 0 Å². The highest BCUT2D eigenvalue weighted by molar-refractivity contribution is 5.93. The van der Waals surface area contributed by atoms with E-state index in [1.807, 2.05) is 7.05 Å². The molecule has 0 saturated carbocycles. The summed E-state index contributed by atoms with van der Waals surface area (Å²) in [5, 5.41) is 7.02.